The van der Waals surface area contributed by atoms with Crippen LogP contribution in [-0.2, 0) is 4.79 Å². The molecule has 0 N–H and O–H groups in total. The highest BCUT2D eigenvalue weighted by Crippen LogP contribution is 2.39. The molecule has 0 saturated heterocycles. The molecular weight excluding hydrogens is 274 g/mol. The van der Waals surface area contributed by atoms with Gasteiger partial charge >= 0.3 is 0 Å². The fourth-order valence-electron chi connectivity index (χ4n) is 3.49. The Morgan fingerprint density at radius 1 is 1.09 bits per heavy atom. The highest BCUT2D eigenvalue weighted by molar-refractivity contribution is 5.99. The van der Waals surface area contributed by atoms with Crippen LogP contribution in [0.4, 0.5) is 0 Å². The van der Waals surface area contributed by atoms with Crippen molar-refractivity contribution >= 4 is 11.7 Å². The van der Waals surface area contributed by atoms with Crippen LogP contribution >= 0.6 is 0 Å². The molecule has 0 aromatic heterocycles. The van der Waals surface area contributed by atoms with Crippen molar-refractivity contribution in [2.24, 2.45) is 11.3 Å². The van der Waals surface area contributed by atoms with E-state index in [0.717, 1.165) is 12.8 Å². The molecule has 120 valence electrons. The Hall–Kier alpha value is -1.64. The fourth-order valence-corrected chi connectivity index (χ4v) is 3.49. The van der Waals surface area contributed by atoms with Crippen LogP contribution in [0.3, 0.4) is 0 Å². The number of carbonyl (C=O) groups is 2. The molecule has 3 heteroatoms. The van der Waals surface area contributed by atoms with Crippen molar-refractivity contribution in [1.29, 1.82) is 0 Å². The van der Waals surface area contributed by atoms with Gasteiger partial charge in [-0.15, -0.1) is 0 Å². The fraction of sp³-hybridized carbons (Fsp3) is 0.579. The van der Waals surface area contributed by atoms with E-state index < -0.39 is 0 Å². The number of nitrogens with zero attached hydrogens (tertiary/aromatic N) is 1. The molecule has 0 atom stereocenters. The monoisotopic (exact) mass is 301 g/mol. The Morgan fingerprint density at radius 3 is 2.27 bits per heavy atom. The summed E-state index contributed by atoms with van der Waals surface area (Å²) in [5, 5.41) is 0. The molecule has 1 aliphatic carbocycles. The van der Waals surface area contributed by atoms with Crippen molar-refractivity contribution in [3.05, 3.63) is 35.9 Å². The van der Waals surface area contributed by atoms with Crippen LogP contribution in [0.5, 0.6) is 0 Å². The summed E-state index contributed by atoms with van der Waals surface area (Å²) in [6.45, 7) is 4.22. The summed E-state index contributed by atoms with van der Waals surface area (Å²) in [7, 11) is 1.74. The Labute approximate surface area is 133 Å². The standard InChI is InChI=1S/C19H27NO2/c1-19(2,16-12-8-5-9-13-16)18(22)20(3)14-17(21)15-10-6-4-7-11-15/h4,6-7,10-11,16H,5,8-9,12-14H2,1-3H3. The largest absolute Gasteiger partial charge is 0.338 e. The molecule has 0 unspecified atom stereocenters. The predicted octanol–water partition coefficient (Wildman–Crippen LogP) is 3.93. The molecule has 0 aliphatic heterocycles. The summed E-state index contributed by atoms with van der Waals surface area (Å²) >= 11 is 0. The lowest BCUT2D eigenvalue weighted by atomic mass is 9.70. The molecule has 0 bridgehead atoms. The molecule has 0 heterocycles. The third-order valence-corrected chi connectivity index (χ3v) is 5.00. The van der Waals surface area contributed by atoms with Crippen molar-refractivity contribution in [2.75, 3.05) is 13.6 Å². The molecule has 22 heavy (non-hydrogen) atoms. The van der Waals surface area contributed by atoms with E-state index >= 15 is 0 Å². The lowest BCUT2D eigenvalue weighted by Crippen LogP contribution is -2.45. The summed E-state index contributed by atoms with van der Waals surface area (Å²) in [6.07, 6.45) is 5.96. The van der Waals surface area contributed by atoms with Gasteiger partial charge in [0, 0.05) is 18.0 Å². The second-order valence-corrected chi connectivity index (χ2v) is 7.01. The van der Waals surface area contributed by atoms with Gasteiger partial charge in [0.2, 0.25) is 5.91 Å². The van der Waals surface area contributed by atoms with Crippen molar-refractivity contribution in [3.63, 3.8) is 0 Å². The van der Waals surface area contributed by atoms with E-state index in [2.05, 4.69) is 0 Å². The van der Waals surface area contributed by atoms with E-state index in [1.54, 1.807) is 24.1 Å². The van der Waals surface area contributed by atoms with Crippen molar-refractivity contribution in [3.8, 4) is 0 Å². The van der Waals surface area contributed by atoms with Crippen LogP contribution in [-0.4, -0.2) is 30.2 Å². The van der Waals surface area contributed by atoms with E-state index in [9.17, 15) is 9.59 Å². The van der Waals surface area contributed by atoms with Crippen LogP contribution in [0.15, 0.2) is 30.3 Å². The first-order valence-corrected chi connectivity index (χ1v) is 8.26. The topological polar surface area (TPSA) is 37.4 Å². The Bertz CT molecular complexity index is 515. The van der Waals surface area contributed by atoms with Gasteiger partial charge in [-0.2, -0.15) is 0 Å². The van der Waals surface area contributed by atoms with E-state index in [0.29, 0.717) is 11.5 Å². The van der Waals surface area contributed by atoms with E-state index in [1.165, 1.54) is 19.3 Å². The van der Waals surface area contributed by atoms with Gasteiger partial charge in [0.15, 0.2) is 5.78 Å². The molecule has 1 saturated carbocycles. The number of likely N-dealkylation sites (N-methyl/N-ethyl adjacent to an activating group) is 1. The van der Waals surface area contributed by atoms with Crippen LogP contribution < -0.4 is 0 Å². The zero-order valence-corrected chi connectivity index (χ0v) is 14.0. The molecule has 1 aromatic rings. The zero-order valence-electron chi connectivity index (χ0n) is 14.0. The summed E-state index contributed by atoms with van der Waals surface area (Å²) in [6, 6.07) is 9.18. The van der Waals surface area contributed by atoms with Crippen molar-refractivity contribution in [1.82, 2.24) is 4.90 Å². The lowest BCUT2D eigenvalue weighted by molar-refractivity contribution is -0.142. The Kier molecular flexibility index (Phi) is 5.38. The average molecular weight is 301 g/mol. The SMILES string of the molecule is CN(CC(=O)c1ccccc1)C(=O)C(C)(C)C1CCCCC1. The summed E-state index contributed by atoms with van der Waals surface area (Å²) in [5.41, 5.74) is 0.282. The molecule has 1 fully saturated rings. The number of hydrogen-bond acceptors (Lipinski definition) is 2. The van der Waals surface area contributed by atoms with E-state index in [4.69, 9.17) is 0 Å². The van der Waals surface area contributed by atoms with Crippen LogP contribution in [0.25, 0.3) is 0 Å². The molecule has 1 aliphatic rings. The van der Waals surface area contributed by atoms with Crippen molar-refractivity contribution in [2.45, 2.75) is 46.0 Å². The Balaban J connectivity index is 2.00. The maximum Gasteiger partial charge on any atom is 0.228 e. The zero-order chi connectivity index (χ0) is 16.2. The highest BCUT2D eigenvalue weighted by Gasteiger charge is 2.39. The molecule has 1 amide bonds. The minimum atomic E-state index is -0.383. The minimum absolute atomic E-state index is 0.00380. The Morgan fingerprint density at radius 2 is 1.68 bits per heavy atom. The quantitative estimate of drug-likeness (QED) is 0.773. The maximum atomic E-state index is 12.8. The number of carbonyl (C=O) groups excluding carboxylic acids is 2. The van der Waals surface area contributed by atoms with Crippen LogP contribution in [0.2, 0.25) is 0 Å². The lowest BCUT2D eigenvalue weighted by Gasteiger charge is -2.38. The molecule has 1 aromatic carbocycles. The third kappa shape index (κ3) is 3.76. The normalized spacial score (nSPS) is 16.3. The second-order valence-electron chi connectivity index (χ2n) is 7.01. The number of Topliss-reactive ketones (excluding diaryl/α,β-unsaturated/α-hetero) is 1. The summed E-state index contributed by atoms with van der Waals surface area (Å²) in [4.78, 5) is 26.7. The van der Waals surface area contributed by atoms with Gasteiger partial charge in [0.25, 0.3) is 0 Å². The second kappa shape index (κ2) is 7.08. The first kappa shape index (κ1) is 16.7. The van der Waals surface area contributed by atoms with Crippen LogP contribution in [0.1, 0.15) is 56.3 Å². The highest BCUT2D eigenvalue weighted by atomic mass is 16.2. The molecular formula is C19H27NO2. The molecule has 0 spiro atoms. The van der Waals surface area contributed by atoms with Crippen molar-refractivity contribution < 1.29 is 9.59 Å². The molecule has 2 rings (SSSR count). The number of hydrogen-bond donors (Lipinski definition) is 0. The summed E-state index contributed by atoms with van der Waals surface area (Å²) < 4.78 is 0. The van der Waals surface area contributed by atoms with Crippen LogP contribution in [0, 0.1) is 11.3 Å². The van der Waals surface area contributed by atoms with Gasteiger partial charge in [0.1, 0.15) is 0 Å². The number of ketones is 1. The number of benzene rings is 1. The van der Waals surface area contributed by atoms with Gasteiger partial charge < -0.3 is 4.90 Å². The first-order chi connectivity index (χ1) is 10.4. The first-order valence-electron chi connectivity index (χ1n) is 8.26. The van der Waals surface area contributed by atoms with E-state index in [1.807, 2.05) is 32.0 Å². The van der Waals surface area contributed by atoms with Gasteiger partial charge in [-0.1, -0.05) is 63.4 Å². The molecule has 0 radical (unpaired) electrons. The van der Waals surface area contributed by atoms with E-state index in [-0.39, 0.29) is 23.7 Å². The number of rotatable bonds is 5. The number of amides is 1. The average Bonchev–Trinajstić information content (AvgIpc) is 2.55. The maximum absolute atomic E-state index is 12.8. The molecule has 3 nitrogen and oxygen atoms in total. The van der Waals surface area contributed by atoms with Gasteiger partial charge in [-0.3, -0.25) is 9.59 Å². The third-order valence-electron chi connectivity index (χ3n) is 5.00. The summed E-state index contributed by atoms with van der Waals surface area (Å²) in [5.74, 6) is 0.516. The predicted molar refractivity (Wildman–Crippen MR) is 88.8 cm³/mol. The minimum Gasteiger partial charge on any atom is -0.338 e. The van der Waals surface area contributed by atoms with Gasteiger partial charge in [-0.25, -0.2) is 0 Å². The van der Waals surface area contributed by atoms with Gasteiger partial charge in [0.05, 0.1) is 6.54 Å². The van der Waals surface area contributed by atoms with Gasteiger partial charge in [-0.05, 0) is 18.8 Å². The smallest absolute Gasteiger partial charge is 0.228 e.